The SMILES string of the molecule is Nc1nc2cccc(CBr)c2o1. The van der Waals surface area contributed by atoms with Crippen molar-refractivity contribution in [2.24, 2.45) is 0 Å². The van der Waals surface area contributed by atoms with Crippen LogP contribution < -0.4 is 5.73 Å². The van der Waals surface area contributed by atoms with Gasteiger partial charge < -0.3 is 10.2 Å². The second-order valence-corrected chi connectivity index (χ2v) is 3.01. The van der Waals surface area contributed by atoms with Gasteiger partial charge >= 0.3 is 0 Å². The second kappa shape index (κ2) is 2.79. The number of halogens is 1. The highest BCUT2D eigenvalue weighted by atomic mass is 79.9. The first-order chi connectivity index (χ1) is 5.81. The van der Waals surface area contributed by atoms with Crippen molar-refractivity contribution in [3.63, 3.8) is 0 Å². The second-order valence-electron chi connectivity index (χ2n) is 2.45. The molecular formula is C8H7BrN2O. The van der Waals surface area contributed by atoms with E-state index in [1.54, 1.807) is 0 Å². The lowest BCUT2D eigenvalue weighted by Crippen LogP contribution is -1.80. The van der Waals surface area contributed by atoms with Gasteiger partial charge in [-0.15, -0.1) is 0 Å². The first-order valence-electron chi connectivity index (χ1n) is 3.51. The highest BCUT2D eigenvalue weighted by Gasteiger charge is 2.05. The van der Waals surface area contributed by atoms with E-state index in [4.69, 9.17) is 10.2 Å². The molecule has 0 saturated carbocycles. The van der Waals surface area contributed by atoms with E-state index in [9.17, 15) is 0 Å². The van der Waals surface area contributed by atoms with Crippen LogP contribution in [-0.2, 0) is 5.33 Å². The molecule has 1 heterocycles. The minimum atomic E-state index is 0.221. The van der Waals surface area contributed by atoms with E-state index in [0.717, 1.165) is 22.0 Å². The lowest BCUT2D eigenvalue weighted by atomic mass is 10.2. The molecule has 0 amide bonds. The summed E-state index contributed by atoms with van der Waals surface area (Å²) in [5, 5.41) is 0.749. The molecule has 62 valence electrons. The Morgan fingerprint density at radius 3 is 3.08 bits per heavy atom. The summed E-state index contributed by atoms with van der Waals surface area (Å²) in [7, 11) is 0. The topological polar surface area (TPSA) is 52.0 Å². The summed E-state index contributed by atoms with van der Waals surface area (Å²) in [6, 6.07) is 6.00. The smallest absolute Gasteiger partial charge is 0.292 e. The molecule has 3 nitrogen and oxygen atoms in total. The number of nitrogens with zero attached hydrogens (tertiary/aromatic N) is 1. The molecule has 0 unspecified atom stereocenters. The Morgan fingerprint density at radius 1 is 1.50 bits per heavy atom. The number of aromatic nitrogens is 1. The van der Waals surface area contributed by atoms with Gasteiger partial charge in [0, 0.05) is 10.9 Å². The standard InChI is InChI=1S/C8H7BrN2O/c9-4-5-2-1-3-6-7(5)12-8(10)11-6/h1-3H,4H2,(H2,10,11). The van der Waals surface area contributed by atoms with Gasteiger partial charge in [0.1, 0.15) is 5.52 Å². The summed E-state index contributed by atoms with van der Waals surface area (Å²) in [5.74, 6) is 0. The fourth-order valence-electron chi connectivity index (χ4n) is 1.13. The van der Waals surface area contributed by atoms with Gasteiger partial charge in [-0.3, -0.25) is 0 Å². The third kappa shape index (κ3) is 1.08. The predicted molar refractivity (Wildman–Crippen MR) is 51.1 cm³/mol. The molecule has 2 aromatic rings. The molecule has 0 bridgehead atoms. The molecule has 0 fully saturated rings. The Balaban J connectivity index is 2.78. The van der Waals surface area contributed by atoms with Crippen LogP contribution >= 0.6 is 15.9 Å². The maximum absolute atomic E-state index is 5.42. The van der Waals surface area contributed by atoms with Crippen LogP contribution in [0.2, 0.25) is 0 Å². The number of hydrogen-bond acceptors (Lipinski definition) is 3. The predicted octanol–water partition coefficient (Wildman–Crippen LogP) is 2.30. The highest BCUT2D eigenvalue weighted by Crippen LogP contribution is 2.22. The van der Waals surface area contributed by atoms with Crippen molar-refractivity contribution in [2.45, 2.75) is 5.33 Å². The van der Waals surface area contributed by atoms with E-state index in [-0.39, 0.29) is 6.01 Å². The number of benzene rings is 1. The van der Waals surface area contributed by atoms with Crippen LogP contribution in [0, 0.1) is 0 Å². The first-order valence-corrected chi connectivity index (χ1v) is 4.63. The third-order valence-corrected chi connectivity index (χ3v) is 2.26. The van der Waals surface area contributed by atoms with Crippen LogP contribution in [0.5, 0.6) is 0 Å². The fourth-order valence-corrected chi connectivity index (χ4v) is 1.57. The number of oxazole rings is 1. The average Bonchev–Trinajstić information content (AvgIpc) is 2.44. The Bertz CT molecular complexity index is 410. The number of rotatable bonds is 1. The van der Waals surface area contributed by atoms with Gasteiger partial charge in [-0.05, 0) is 6.07 Å². The van der Waals surface area contributed by atoms with Crippen LogP contribution in [0.1, 0.15) is 5.56 Å². The van der Waals surface area contributed by atoms with Gasteiger partial charge in [-0.2, -0.15) is 4.98 Å². The quantitative estimate of drug-likeness (QED) is 0.760. The molecule has 4 heteroatoms. The number of nitrogens with two attached hydrogens (primary N) is 1. The molecule has 0 aliphatic rings. The lowest BCUT2D eigenvalue weighted by Gasteiger charge is -1.93. The van der Waals surface area contributed by atoms with Crippen LogP contribution in [0.3, 0.4) is 0 Å². The van der Waals surface area contributed by atoms with Crippen molar-refractivity contribution < 1.29 is 4.42 Å². The molecule has 0 saturated heterocycles. The van der Waals surface area contributed by atoms with Crippen LogP contribution in [0.15, 0.2) is 22.6 Å². The van der Waals surface area contributed by atoms with E-state index < -0.39 is 0 Å². The zero-order chi connectivity index (χ0) is 8.55. The number of fused-ring (bicyclic) bond motifs is 1. The van der Waals surface area contributed by atoms with Gasteiger partial charge in [0.05, 0.1) is 0 Å². The molecule has 0 atom stereocenters. The Kier molecular flexibility index (Phi) is 1.77. The molecule has 0 aliphatic carbocycles. The summed E-state index contributed by atoms with van der Waals surface area (Å²) in [6.07, 6.45) is 0. The first kappa shape index (κ1) is 7.61. The van der Waals surface area contributed by atoms with E-state index in [1.165, 1.54) is 0 Å². The van der Waals surface area contributed by atoms with E-state index in [1.807, 2.05) is 18.2 Å². The molecule has 12 heavy (non-hydrogen) atoms. The van der Waals surface area contributed by atoms with Crippen molar-refractivity contribution >= 4 is 33.0 Å². The molecule has 0 spiro atoms. The number of anilines is 1. The summed E-state index contributed by atoms with van der Waals surface area (Å²) < 4.78 is 5.23. The van der Waals surface area contributed by atoms with Crippen molar-refractivity contribution in [1.29, 1.82) is 0 Å². The maximum Gasteiger partial charge on any atom is 0.292 e. The van der Waals surface area contributed by atoms with Crippen molar-refractivity contribution in [1.82, 2.24) is 4.98 Å². The van der Waals surface area contributed by atoms with Crippen LogP contribution in [0.4, 0.5) is 6.01 Å². The number of nitrogen functional groups attached to an aromatic ring is 1. The van der Waals surface area contributed by atoms with Gasteiger partial charge in [0.15, 0.2) is 5.58 Å². The Labute approximate surface area is 77.7 Å². The third-order valence-electron chi connectivity index (χ3n) is 1.66. The molecule has 0 radical (unpaired) electrons. The monoisotopic (exact) mass is 226 g/mol. The number of para-hydroxylation sites is 1. The highest BCUT2D eigenvalue weighted by molar-refractivity contribution is 9.08. The Hall–Kier alpha value is -1.03. The van der Waals surface area contributed by atoms with Crippen LogP contribution in [0.25, 0.3) is 11.1 Å². The summed E-state index contributed by atoms with van der Waals surface area (Å²) in [6.45, 7) is 0. The number of hydrogen-bond donors (Lipinski definition) is 1. The molecule has 2 N–H and O–H groups in total. The van der Waals surface area contributed by atoms with Crippen molar-refractivity contribution in [3.05, 3.63) is 23.8 Å². The summed E-state index contributed by atoms with van der Waals surface area (Å²) in [4.78, 5) is 4.01. The number of alkyl halides is 1. The summed E-state index contributed by atoms with van der Waals surface area (Å²) in [5.41, 5.74) is 8.07. The van der Waals surface area contributed by atoms with E-state index >= 15 is 0 Å². The van der Waals surface area contributed by atoms with Gasteiger partial charge in [0.2, 0.25) is 0 Å². The molecule has 1 aromatic heterocycles. The van der Waals surface area contributed by atoms with Crippen molar-refractivity contribution in [2.75, 3.05) is 5.73 Å². The van der Waals surface area contributed by atoms with E-state index in [2.05, 4.69) is 20.9 Å². The molecule has 2 rings (SSSR count). The van der Waals surface area contributed by atoms with Gasteiger partial charge in [-0.25, -0.2) is 0 Å². The Morgan fingerprint density at radius 2 is 2.33 bits per heavy atom. The fraction of sp³-hybridized carbons (Fsp3) is 0.125. The van der Waals surface area contributed by atoms with Crippen LogP contribution in [-0.4, -0.2) is 4.98 Å². The van der Waals surface area contributed by atoms with Gasteiger partial charge in [0.25, 0.3) is 6.01 Å². The zero-order valence-electron chi connectivity index (χ0n) is 6.25. The molecular weight excluding hydrogens is 220 g/mol. The lowest BCUT2D eigenvalue weighted by molar-refractivity contribution is 0.623. The minimum Gasteiger partial charge on any atom is -0.423 e. The zero-order valence-corrected chi connectivity index (χ0v) is 7.84. The van der Waals surface area contributed by atoms with Crippen molar-refractivity contribution in [3.8, 4) is 0 Å². The molecule has 1 aromatic carbocycles. The van der Waals surface area contributed by atoms with E-state index in [0.29, 0.717) is 0 Å². The maximum atomic E-state index is 5.42. The normalized spacial score (nSPS) is 10.8. The van der Waals surface area contributed by atoms with Gasteiger partial charge in [-0.1, -0.05) is 28.1 Å². The minimum absolute atomic E-state index is 0.221. The largest absolute Gasteiger partial charge is 0.423 e. The molecule has 0 aliphatic heterocycles. The average molecular weight is 227 g/mol. The summed E-state index contributed by atoms with van der Waals surface area (Å²) >= 11 is 3.36.